The van der Waals surface area contributed by atoms with Crippen molar-refractivity contribution in [2.24, 2.45) is 17.6 Å². The Morgan fingerprint density at radius 1 is 1.09 bits per heavy atom. The van der Waals surface area contributed by atoms with Crippen LogP contribution in [0.3, 0.4) is 0 Å². The molecule has 0 aliphatic carbocycles. The largest absolute Gasteiger partial charge is 0.480 e. The maximum absolute atomic E-state index is 13.0. The number of thiol groups is 1. The average Bonchev–Trinajstić information content (AvgIpc) is 3.26. The lowest BCUT2D eigenvalue weighted by Gasteiger charge is -2.26. The molecule has 1 rings (SSSR count). The highest BCUT2D eigenvalue weighted by Gasteiger charge is 2.31. The Hall–Kier alpha value is -2.60. The van der Waals surface area contributed by atoms with Crippen LogP contribution in [0.25, 0.3) is 0 Å². The lowest BCUT2D eigenvalue weighted by molar-refractivity contribution is -0.143. The van der Waals surface area contributed by atoms with Crippen LogP contribution in [0.5, 0.6) is 0 Å². The molecule has 7 N–H and O–H groups in total. The second-order valence-corrected chi connectivity index (χ2v) is 8.43. The van der Waals surface area contributed by atoms with Gasteiger partial charge in [-0.3, -0.25) is 14.4 Å². The zero-order valence-corrected chi connectivity index (χ0v) is 19.7. The number of carboxylic acids is 1. The molecule has 0 radical (unpaired) electrons. The maximum Gasteiger partial charge on any atom is 0.326 e. The molecule has 0 fully saturated rings. The van der Waals surface area contributed by atoms with Gasteiger partial charge >= 0.3 is 5.97 Å². The van der Waals surface area contributed by atoms with E-state index >= 15 is 0 Å². The maximum atomic E-state index is 13.0. The van der Waals surface area contributed by atoms with Crippen LogP contribution < -0.4 is 21.7 Å². The monoisotopic (exact) mass is 470 g/mol. The summed E-state index contributed by atoms with van der Waals surface area (Å²) < 4.78 is 0. The van der Waals surface area contributed by atoms with Crippen molar-refractivity contribution in [2.75, 3.05) is 5.75 Å². The molecule has 1 aromatic rings. The predicted octanol–water partition coefficient (Wildman–Crippen LogP) is -0.550. The number of carbonyl (C=O) groups is 4. The highest BCUT2D eigenvalue weighted by molar-refractivity contribution is 7.80. The normalized spacial score (nSPS) is 15.8. The number of H-pyrrole nitrogens is 1. The number of carbonyl (C=O) groups excluding carboxylic acids is 3. The molecule has 0 aromatic carbocycles. The fourth-order valence-electron chi connectivity index (χ4n) is 2.84. The summed E-state index contributed by atoms with van der Waals surface area (Å²) in [6.07, 6.45) is 3.74. The van der Waals surface area contributed by atoms with Crippen LogP contribution in [0.2, 0.25) is 0 Å². The number of amides is 3. The Bertz CT molecular complexity index is 773. The molecule has 0 aliphatic rings. The summed E-state index contributed by atoms with van der Waals surface area (Å²) in [5, 5.41) is 16.9. The summed E-state index contributed by atoms with van der Waals surface area (Å²) in [4.78, 5) is 56.2. The molecule has 1 aromatic heterocycles. The van der Waals surface area contributed by atoms with E-state index in [4.69, 9.17) is 5.73 Å². The number of aromatic nitrogens is 2. The zero-order chi connectivity index (χ0) is 24.4. The van der Waals surface area contributed by atoms with Crippen LogP contribution in [0.1, 0.15) is 39.8 Å². The third-order valence-corrected chi connectivity index (χ3v) is 5.58. The number of nitrogens with zero attached hydrogens (tertiary/aromatic N) is 1. The van der Waals surface area contributed by atoms with Gasteiger partial charge in [-0.1, -0.05) is 34.1 Å². The third-order valence-electron chi connectivity index (χ3n) is 5.22. The van der Waals surface area contributed by atoms with E-state index in [1.807, 2.05) is 13.8 Å². The fraction of sp³-hybridized carbons (Fsp3) is 0.650. The summed E-state index contributed by atoms with van der Waals surface area (Å²) in [5.74, 6) is -3.50. The number of hydrogen-bond donors (Lipinski definition) is 7. The summed E-state index contributed by atoms with van der Waals surface area (Å²) in [6, 6.07) is -4.05. The molecule has 11 nitrogen and oxygen atoms in total. The van der Waals surface area contributed by atoms with Gasteiger partial charge in [0.15, 0.2) is 0 Å². The van der Waals surface area contributed by atoms with Crippen molar-refractivity contribution in [3.05, 3.63) is 18.2 Å². The van der Waals surface area contributed by atoms with E-state index in [9.17, 15) is 24.3 Å². The van der Waals surface area contributed by atoms with Crippen LogP contribution in [-0.2, 0) is 25.6 Å². The van der Waals surface area contributed by atoms with Gasteiger partial charge in [-0.25, -0.2) is 9.78 Å². The number of aromatic amines is 1. The first-order valence-corrected chi connectivity index (χ1v) is 11.1. The van der Waals surface area contributed by atoms with Gasteiger partial charge in [0.2, 0.25) is 17.7 Å². The lowest BCUT2D eigenvalue weighted by Crippen LogP contribution is -2.59. The van der Waals surface area contributed by atoms with E-state index in [0.717, 1.165) is 0 Å². The van der Waals surface area contributed by atoms with E-state index in [1.165, 1.54) is 12.5 Å². The summed E-state index contributed by atoms with van der Waals surface area (Å²) in [6.45, 7) is 7.06. The molecule has 1 heterocycles. The average molecular weight is 471 g/mol. The Labute approximate surface area is 193 Å². The van der Waals surface area contributed by atoms with Crippen molar-refractivity contribution in [3.63, 3.8) is 0 Å². The van der Waals surface area contributed by atoms with Crippen LogP contribution in [0.4, 0.5) is 0 Å². The van der Waals surface area contributed by atoms with Crippen LogP contribution >= 0.6 is 12.6 Å². The molecule has 3 amide bonds. The molecule has 0 aliphatic heterocycles. The van der Waals surface area contributed by atoms with E-state index < -0.39 is 47.9 Å². The Morgan fingerprint density at radius 3 is 2.16 bits per heavy atom. The van der Waals surface area contributed by atoms with Gasteiger partial charge in [0.05, 0.1) is 12.4 Å². The van der Waals surface area contributed by atoms with Crippen molar-refractivity contribution in [1.29, 1.82) is 0 Å². The first-order valence-electron chi connectivity index (χ1n) is 10.5. The van der Waals surface area contributed by atoms with Gasteiger partial charge in [-0.15, -0.1) is 0 Å². The Morgan fingerprint density at radius 2 is 1.69 bits per heavy atom. The quantitative estimate of drug-likeness (QED) is 0.189. The minimum atomic E-state index is -1.18. The summed E-state index contributed by atoms with van der Waals surface area (Å²) >= 11 is 4.11. The molecular formula is C20H34N6O5S. The van der Waals surface area contributed by atoms with Gasteiger partial charge in [-0.2, -0.15) is 12.6 Å². The molecule has 0 spiro atoms. The summed E-state index contributed by atoms with van der Waals surface area (Å²) in [7, 11) is 0. The van der Waals surface area contributed by atoms with Crippen LogP contribution in [0, 0.1) is 11.8 Å². The van der Waals surface area contributed by atoms with Crippen molar-refractivity contribution < 1.29 is 24.3 Å². The highest BCUT2D eigenvalue weighted by Crippen LogP contribution is 2.08. The van der Waals surface area contributed by atoms with E-state index in [2.05, 4.69) is 38.5 Å². The first-order chi connectivity index (χ1) is 15.0. The number of imidazole rings is 1. The van der Waals surface area contributed by atoms with Gasteiger partial charge < -0.3 is 31.8 Å². The smallest absolute Gasteiger partial charge is 0.326 e. The van der Waals surface area contributed by atoms with E-state index in [0.29, 0.717) is 12.1 Å². The van der Waals surface area contributed by atoms with Crippen molar-refractivity contribution >= 4 is 36.3 Å². The fourth-order valence-corrected chi connectivity index (χ4v) is 3.10. The Kier molecular flexibility index (Phi) is 11.2. The zero-order valence-electron chi connectivity index (χ0n) is 18.8. The van der Waals surface area contributed by atoms with Gasteiger partial charge in [0, 0.05) is 24.1 Å². The molecule has 5 atom stereocenters. The predicted molar refractivity (Wildman–Crippen MR) is 122 cm³/mol. The topological polar surface area (TPSA) is 179 Å². The minimum Gasteiger partial charge on any atom is -0.480 e. The highest BCUT2D eigenvalue weighted by atomic mass is 32.1. The number of hydrogen-bond acceptors (Lipinski definition) is 7. The van der Waals surface area contributed by atoms with E-state index in [-0.39, 0.29) is 24.0 Å². The molecule has 0 saturated heterocycles. The van der Waals surface area contributed by atoms with Gasteiger partial charge in [-0.05, 0) is 11.8 Å². The number of nitrogens with two attached hydrogens (primary N) is 1. The van der Waals surface area contributed by atoms with Crippen LogP contribution in [-0.4, -0.2) is 68.7 Å². The molecule has 5 unspecified atom stereocenters. The van der Waals surface area contributed by atoms with Gasteiger partial charge in [0.25, 0.3) is 0 Å². The first kappa shape index (κ1) is 27.4. The molecule has 0 saturated carbocycles. The molecule has 12 heteroatoms. The number of carboxylic acid groups (broad SMARTS) is 1. The number of nitrogens with one attached hydrogen (secondary N) is 4. The second-order valence-electron chi connectivity index (χ2n) is 8.07. The minimum absolute atomic E-state index is 0.0703. The van der Waals surface area contributed by atoms with Crippen LogP contribution in [0.15, 0.2) is 12.5 Å². The second kappa shape index (κ2) is 13.1. The van der Waals surface area contributed by atoms with E-state index in [1.54, 1.807) is 13.8 Å². The standard InChI is InChI=1S/C20H34N6O5S/c1-5-11(4)15(21)19(29)24-13(6-12-7-22-9-23-12)17(27)25-14(8-32)18(28)26-16(10(2)3)20(30)31/h7,9-11,13-16,32H,5-6,8,21H2,1-4H3,(H,22,23)(H,24,29)(H,25,27)(H,26,28)(H,30,31). The van der Waals surface area contributed by atoms with Crippen molar-refractivity contribution in [3.8, 4) is 0 Å². The number of rotatable bonds is 13. The Balaban J connectivity index is 2.95. The molecular weight excluding hydrogens is 436 g/mol. The molecule has 32 heavy (non-hydrogen) atoms. The summed E-state index contributed by atoms with van der Waals surface area (Å²) in [5.41, 5.74) is 6.58. The number of aliphatic carboxylic acids is 1. The SMILES string of the molecule is CCC(C)C(N)C(=O)NC(Cc1cnc[nH]1)C(=O)NC(CS)C(=O)NC(C(=O)O)C(C)C. The van der Waals surface area contributed by atoms with Gasteiger partial charge in [0.1, 0.15) is 18.1 Å². The van der Waals surface area contributed by atoms with Crippen molar-refractivity contribution in [2.45, 2.75) is 64.7 Å². The molecule has 180 valence electrons. The van der Waals surface area contributed by atoms with Crippen molar-refractivity contribution in [1.82, 2.24) is 25.9 Å². The molecule has 0 bridgehead atoms. The lowest BCUT2D eigenvalue weighted by atomic mass is 9.98. The third kappa shape index (κ3) is 8.15.